The van der Waals surface area contributed by atoms with Gasteiger partial charge in [0.15, 0.2) is 36.0 Å². The van der Waals surface area contributed by atoms with Gasteiger partial charge in [0, 0.05) is 44.3 Å². The number of carbonyl (C=O) groups is 3. The third-order valence-electron chi connectivity index (χ3n) is 14.8. The third-order valence-corrected chi connectivity index (χ3v) is 14.8. The Hall–Kier alpha value is -3.91. The molecule has 6 aliphatic rings. The summed E-state index contributed by atoms with van der Waals surface area (Å²) in [5.41, 5.74) is -6.69. The predicted molar refractivity (Wildman–Crippen MR) is 235 cm³/mol. The maximum atomic E-state index is 15.4. The Bertz CT molecular complexity index is 2380. The molecule has 21 nitrogen and oxygen atoms in total. The number of hydrogen-bond donors (Lipinski definition) is 9. The maximum Gasteiger partial charge on any atom is 0.207 e. The molecule has 0 saturated carbocycles. The molecule has 4 aliphatic heterocycles. The van der Waals surface area contributed by atoms with Crippen LogP contribution in [0.2, 0.25) is 0 Å². The van der Waals surface area contributed by atoms with Gasteiger partial charge >= 0.3 is 0 Å². The normalized spacial score (nSPS) is 42.8. The Morgan fingerprint density at radius 2 is 1.26 bits per heavy atom. The number of aliphatic hydroxyl groups excluding tert-OH is 5. The van der Waals surface area contributed by atoms with E-state index in [1.165, 1.54) is 46.9 Å². The van der Waals surface area contributed by atoms with Crippen molar-refractivity contribution in [2.24, 2.45) is 5.92 Å². The SMILES string of the molecule is CO[C@H]1C(=O)C(C(C)=O)=C(O)[C@@]2(O[C@H]3C[C@@H](O[C@H]4C[C@@H](O[C@H]5C[C@](C)(O)[C@H](O)[C@@H](C)O5)[C@@H](O)[C@@H](C)O4)[C@H](O)[C@@H](C)O3)C(=O)c3c(cc4cc(O[C@@H]5C[C@](C)(O)[C@H](O)[C@@H](C)O5)c(C)c(O)c4c3O)C[C@@H]12. The molecule has 4 heterocycles. The van der Waals surface area contributed by atoms with Crippen LogP contribution in [0.4, 0.5) is 0 Å². The molecule has 4 saturated heterocycles. The molecule has 2 aliphatic carbocycles. The lowest BCUT2D eigenvalue weighted by molar-refractivity contribution is -0.337. The van der Waals surface area contributed by atoms with E-state index in [0.717, 1.165) is 6.92 Å². The van der Waals surface area contributed by atoms with Gasteiger partial charge in [0.05, 0.1) is 58.8 Å². The van der Waals surface area contributed by atoms with Crippen LogP contribution < -0.4 is 4.74 Å². The van der Waals surface area contributed by atoms with Crippen molar-refractivity contribution < 1.29 is 103 Å². The first-order valence-corrected chi connectivity index (χ1v) is 23.2. The highest BCUT2D eigenvalue weighted by Crippen LogP contribution is 2.53. The second-order valence-corrected chi connectivity index (χ2v) is 20.0. The zero-order valence-corrected chi connectivity index (χ0v) is 39.9. The second kappa shape index (κ2) is 18.6. The number of aliphatic hydroxyl groups is 7. The topological polar surface area (TPSA) is 316 Å². The summed E-state index contributed by atoms with van der Waals surface area (Å²) >= 11 is 0. The van der Waals surface area contributed by atoms with E-state index in [2.05, 4.69) is 0 Å². The maximum absolute atomic E-state index is 15.4. The van der Waals surface area contributed by atoms with Crippen LogP contribution in [-0.2, 0) is 53.9 Å². The van der Waals surface area contributed by atoms with E-state index in [4.69, 9.17) is 42.6 Å². The average molecular weight is 977 g/mol. The number of benzene rings is 2. The lowest BCUT2D eigenvalue weighted by atomic mass is 9.62. The third kappa shape index (κ3) is 8.85. The van der Waals surface area contributed by atoms with Crippen molar-refractivity contribution in [2.45, 2.75) is 197 Å². The second-order valence-electron chi connectivity index (χ2n) is 20.0. The summed E-state index contributed by atoms with van der Waals surface area (Å²) < 4.78 is 54.5. The number of Topliss-reactive ketones (excluding diaryl/α,β-unsaturated/α-hetero) is 3. The van der Waals surface area contributed by atoms with Crippen molar-refractivity contribution in [3.8, 4) is 17.2 Å². The molecule has 0 aromatic heterocycles. The number of ketones is 3. The van der Waals surface area contributed by atoms with Gasteiger partial charge in [-0.05, 0) is 84.9 Å². The van der Waals surface area contributed by atoms with E-state index in [1.54, 1.807) is 20.8 Å². The molecule has 8 rings (SSSR count). The van der Waals surface area contributed by atoms with E-state index in [9.17, 15) is 55.5 Å². The Balaban J connectivity index is 1.12. The number of rotatable bonds is 10. The lowest BCUT2D eigenvalue weighted by Crippen LogP contribution is -2.65. The summed E-state index contributed by atoms with van der Waals surface area (Å²) in [6, 6.07) is 2.98. The van der Waals surface area contributed by atoms with Crippen molar-refractivity contribution in [1.82, 2.24) is 0 Å². The molecule has 4 fully saturated rings. The van der Waals surface area contributed by atoms with Gasteiger partial charge in [-0.2, -0.15) is 0 Å². The van der Waals surface area contributed by atoms with Gasteiger partial charge in [0.25, 0.3) is 0 Å². The molecule has 0 radical (unpaired) electrons. The van der Waals surface area contributed by atoms with E-state index >= 15 is 4.79 Å². The number of phenols is 2. The fraction of sp³-hybridized carbons (Fsp3) is 0.688. The van der Waals surface area contributed by atoms with Crippen LogP contribution in [0.15, 0.2) is 23.5 Å². The number of phenolic OH excluding ortho intramolecular Hbond substituents is 2. The van der Waals surface area contributed by atoms with Gasteiger partial charge in [-0.15, -0.1) is 0 Å². The summed E-state index contributed by atoms with van der Waals surface area (Å²) in [6.45, 7) is 11.6. The molecule has 21 heteroatoms. The minimum Gasteiger partial charge on any atom is -0.508 e. The molecule has 0 spiro atoms. The first-order chi connectivity index (χ1) is 32.2. The molecule has 9 N–H and O–H groups in total. The molecule has 2 aromatic rings. The zero-order valence-electron chi connectivity index (χ0n) is 39.9. The fourth-order valence-electron chi connectivity index (χ4n) is 11.0. The van der Waals surface area contributed by atoms with Crippen LogP contribution in [0, 0.1) is 12.8 Å². The molecule has 69 heavy (non-hydrogen) atoms. The van der Waals surface area contributed by atoms with Crippen LogP contribution >= 0.6 is 0 Å². The van der Waals surface area contributed by atoms with Crippen LogP contribution in [0.25, 0.3) is 10.8 Å². The van der Waals surface area contributed by atoms with Crippen LogP contribution in [0.1, 0.15) is 95.6 Å². The molecule has 0 amide bonds. The fourth-order valence-corrected chi connectivity index (χ4v) is 11.0. The minimum absolute atomic E-state index is 0.0915. The Kier molecular flexibility index (Phi) is 13.9. The van der Waals surface area contributed by atoms with Gasteiger partial charge < -0.3 is 88.6 Å². The van der Waals surface area contributed by atoms with E-state index < -0.39 is 161 Å². The molecule has 19 atom stereocenters. The predicted octanol–water partition coefficient (Wildman–Crippen LogP) is 1.30. The van der Waals surface area contributed by atoms with E-state index in [1.807, 2.05) is 0 Å². The van der Waals surface area contributed by atoms with Gasteiger partial charge in [-0.3, -0.25) is 14.4 Å². The molecule has 382 valence electrons. The van der Waals surface area contributed by atoms with Crippen molar-refractivity contribution in [3.63, 3.8) is 0 Å². The van der Waals surface area contributed by atoms with E-state index in [-0.39, 0.29) is 59.8 Å². The summed E-state index contributed by atoms with van der Waals surface area (Å²) in [7, 11) is 1.19. The standard InChI is InChI=1S/C48H64O21/c1-17-26(66-31-15-46(7,59)42(55)21(5)64-31)12-24-10-23-11-25-41(61-9)40(54)33(18(2)49)44(57)48(25,45(58)35(23)39(53)34(24)36(17)50)69-30-14-28(38(52)20(4)63-30)67-29-13-27(37(51)19(3)62-29)68-32-16-47(8,60)43(56)22(6)65-32/h10,12,19-22,25,27-32,37-38,41-43,50-53,55-57,59-60H,11,13-16H2,1-9H3/t19-,20-,21-,22-,25+,27-,28-,29+,30+,31-,32+,37+,38-,41-,42-,43-,46+,47+,48-/m1/s1. The highest BCUT2D eigenvalue weighted by molar-refractivity contribution is 6.25. The number of ether oxygens (including phenoxy) is 9. The number of methoxy groups -OCH3 is 1. The average Bonchev–Trinajstić information content (AvgIpc) is 3.25. The molecular weight excluding hydrogens is 913 g/mol. The molecule has 2 aromatic carbocycles. The van der Waals surface area contributed by atoms with Crippen molar-refractivity contribution in [2.75, 3.05) is 7.11 Å². The first-order valence-electron chi connectivity index (χ1n) is 23.2. The Morgan fingerprint density at radius 1 is 0.739 bits per heavy atom. The zero-order chi connectivity index (χ0) is 50.6. The summed E-state index contributed by atoms with van der Waals surface area (Å²) in [5.74, 6) is -6.53. The lowest BCUT2D eigenvalue weighted by Gasteiger charge is -2.50. The van der Waals surface area contributed by atoms with Gasteiger partial charge in [-0.25, -0.2) is 0 Å². The molecule has 0 bridgehead atoms. The minimum atomic E-state index is -2.65. The quantitative estimate of drug-likeness (QED) is 0.152. The van der Waals surface area contributed by atoms with Crippen LogP contribution in [0.5, 0.6) is 17.2 Å². The van der Waals surface area contributed by atoms with E-state index in [0.29, 0.717) is 0 Å². The number of carbonyl (C=O) groups excluding carboxylic acids is 3. The van der Waals surface area contributed by atoms with Gasteiger partial charge in [-0.1, -0.05) is 0 Å². The van der Waals surface area contributed by atoms with Gasteiger partial charge in [0.2, 0.25) is 12.1 Å². The smallest absolute Gasteiger partial charge is 0.207 e. The first kappa shape index (κ1) is 51.4. The number of fused-ring (bicyclic) bond motifs is 3. The largest absolute Gasteiger partial charge is 0.508 e. The summed E-state index contributed by atoms with van der Waals surface area (Å²) in [6.07, 6.45) is -17.9. The molecule has 0 unspecified atom stereocenters. The monoisotopic (exact) mass is 976 g/mol. The number of aromatic hydroxyl groups is 2. The highest BCUT2D eigenvalue weighted by atomic mass is 16.7. The van der Waals surface area contributed by atoms with Crippen molar-refractivity contribution in [1.29, 1.82) is 0 Å². The van der Waals surface area contributed by atoms with Crippen molar-refractivity contribution >= 4 is 28.1 Å². The Labute approximate surface area is 397 Å². The van der Waals surface area contributed by atoms with Crippen LogP contribution in [0.3, 0.4) is 0 Å². The molecular formula is C48H64O21. The van der Waals surface area contributed by atoms with Gasteiger partial charge in [0.1, 0.15) is 59.1 Å². The van der Waals surface area contributed by atoms with Crippen LogP contribution in [-0.4, -0.2) is 180 Å². The number of hydrogen-bond acceptors (Lipinski definition) is 21. The highest BCUT2D eigenvalue weighted by Gasteiger charge is 2.65. The Morgan fingerprint density at radius 3 is 1.83 bits per heavy atom. The summed E-state index contributed by atoms with van der Waals surface area (Å²) in [5, 5.41) is 101. The summed E-state index contributed by atoms with van der Waals surface area (Å²) in [4.78, 5) is 42.6. The van der Waals surface area contributed by atoms with Crippen molar-refractivity contribution in [3.05, 3.63) is 40.2 Å².